The van der Waals surface area contributed by atoms with Gasteiger partial charge in [-0.15, -0.1) is 0 Å². The molecule has 0 unspecified atom stereocenters. The maximum Gasteiger partial charge on any atom is 0.319 e. The predicted octanol–water partition coefficient (Wildman–Crippen LogP) is 3.87. The van der Waals surface area contributed by atoms with Crippen LogP contribution in [0.3, 0.4) is 0 Å². The van der Waals surface area contributed by atoms with E-state index in [1.807, 2.05) is 18.2 Å². The Morgan fingerprint density at radius 3 is 2.67 bits per heavy atom. The van der Waals surface area contributed by atoms with E-state index in [4.69, 9.17) is 0 Å². The molecule has 0 radical (unpaired) electrons. The molecular weight excluding hydrogens is 224 g/mol. The molecule has 0 atom stereocenters. The van der Waals surface area contributed by atoms with Crippen LogP contribution in [0, 0.1) is 0 Å². The van der Waals surface area contributed by atoms with E-state index in [0.29, 0.717) is 12.0 Å². The van der Waals surface area contributed by atoms with Gasteiger partial charge in [0.2, 0.25) is 0 Å². The summed E-state index contributed by atoms with van der Waals surface area (Å²) in [6, 6.07) is 8.32. The lowest BCUT2D eigenvalue weighted by Crippen LogP contribution is -2.36. The van der Waals surface area contributed by atoms with E-state index < -0.39 is 0 Å². The second-order valence-electron chi connectivity index (χ2n) is 5.36. The first-order valence-electron chi connectivity index (χ1n) is 6.82. The molecule has 1 saturated carbocycles. The Morgan fingerprint density at radius 1 is 1.28 bits per heavy atom. The van der Waals surface area contributed by atoms with Crippen LogP contribution >= 0.6 is 0 Å². The Labute approximate surface area is 109 Å². The molecule has 0 heterocycles. The van der Waals surface area contributed by atoms with Crippen molar-refractivity contribution in [2.45, 2.75) is 51.5 Å². The molecule has 1 aliphatic carbocycles. The first-order chi connectivity index (χ1) is 8.65. The summed E-state index contributed by atoms with van der Waals surface area (Å²) in [4.78, 5) is 11.8. The smallest absolute Gasteiger partial charge is 0.319 e. The van der Waals surface area contributed by atoms with Crippen molar-refractivity contribution in [1.29, 1.82) is 0 Å². The first-order valence-corrected chi connectivity index (χ1v) is 6.82. The number of carbonyl (C=O) groups excluding carboxylic acids is 1. The van der Waals surface area contributed by atoms with Crippen LogP contribution < -0.4 is 10.6 Å². The van der Waals surface area contributed by atoms with Crippen molar-refractivity contribution in [2.24, 2.45) is 0 Å². The highest BCUT2D eigenvalue weighted by Crippen LogP contribution is 2.19. The summed E-state index contributed by atoms with van der Waals surface area (Å²) in [5.74, 6) is 0.477. The van der Waals surface area contributed by atoms with Gasteiger partial charge in [-0.2, -0.15) is 0 Å². The molecule has 1 aromatic rings. The average molecular weight is 246 g/mol. The summed E-state index contributed by atoms with van der Waals surface area (Å²) < 4.78 is 0. The number of anilines is 1. The van der Waals surface area contributed by atoms with Gasteiger partial charge >= 0.3 is 6.03 Å². The summed E-state index contributed by atoms with van der Waals surface area (Å²) in [6.07, 6.45) is 4.68. The molecule has 1 aromatic carbocycles. The van der Waals surface area contributed by atoms with Gasteiger partial charge in [0.25, 0.3) is 0 Å². The Hall–Kier alpha value is -1.51. The number of carbonyl (C=O) groups is 1. The van der Waals surface area contributed by atoms with Gasteiger partial charge in [-0.1, -0.05) is 38.8 Å². The summed E-state index contributed by atoms with van der Waals surface area (Å²) in [5.41, 5.74) is 2.12. The molecule has 18 heavy (non-hydrogen) atoms. The van der Waals surface area contributed by atoms with Crippen LogP contribution in [0.4, 0.5) is 10.5 Å². The van der Waals surface area contributed by atoms with Crippen molar-refractivity contribution in [3.8, 4) is 0 Å². The Balaban J connectivity index is 1.91. The minimum absolute atomic E-state index is 0.0807. The predicted molar refractivity (Wildman–Crippen MR) is 74.9 cm³/mol. The highest BCUT2D eigenvalue weighted by atomic mass is 16.2. The van der Waals surface area contributed by atoms with Gasteiger partial charge in [-0.25, -0.2) is 4.79 Å². The topological polar surface area (TPSA) is 41.1 Å². The van der Waals surface area contributed by atoms with Crippen molar-refractivity contribution in [3.05, 3.63) is 29.8 Å². The zero-order valence-electron chi connectivity index (χ0n) is 11.2. The lowest BCUT2D eigenvalue weighted by Gasteiger charge is -2.14. The van der Waals surface area contributed by atoms with Gasteiger partial charge < -0.3 is 10.6 Å². The number of rotatable bonds is 3. The van der Waals surface area contributed by atoms with Crippen LogP contribution in [0.5, 0.6) is 0 Å². The van der Waals surface area contributed by atoms with Crippen molar-refractivity contribution >= 4 is 11.7 Å². The van der Waals surface area contributed by atoms with Gasteiger partial charge in [-0.05, 0) is 36.5 Å². The van der Waals surface area contributed by atoms with Crippen molar-refractivity contribution in [3.63, 3.8) is 0 Å². The number of nitrogens with one attached hydrogen (secondary N) is 2. The summed E-state index contributed by atoms with van der Waals surface area (Å²) in [6.45, 7) is 4.30. The molecule has 0 spiro atoms. The lowest BCUT2D eigenvalue weighted by atomic mass is 10.0. The van der Waals surface area contributed by atoms with Gasteiger partial charge in [-0.3, -0.25) is 0 Å². The molecule has 2 amide bonds. The molecule has 0 aromatic heterocycles. The van der Waals surface area contributed by atoms with E-state index in [1.165, 1.54) is 18.4 Å². The van der Waals surface area contributed by atoms with Crippen molar-refractivity contribution < 1.29 is 4.79 Å². The molecule has 1 aliphatic rings. The van der Waals surface area contributed by atoms with Crippen LogP contribution in [0.25, 0.3) is 0 Å². The SMILES string of the molecule is CC(C)c1cccc(NC(=O)NC2CCCC2)c1. The van der Waals surface area contributed by atoms with Crippen LogP contribution in [-0.4, -0.2) is 12.1 Å². The second-order valence-corrected chi connectivity index (χ2v) is 5.36. The highest BCUT2D eigenvalue weighted by molar-refractivity contribution is 5.89. The van der Waals surface area contributed by atoms with E-state index in [1.54, 1.807) is 0 Å². The fourth-order valence-corrected chi connectivity index (χ4v) is 2.40. The van der Waals surface area contributed by atoms with Crippen molar-refractivity contribution in [1.82, 2.24) is 5.32 Å². The number of hydrogen-bond donors (Lipinski definition) is 2. The third-order valence-electron chi connectivity index (χ3n) is 3.50. The van der Waals surface area contributed by atoms with Crippen LogP contribution in [0.2, 0.25) is 0 Å². The fraction of sp³-hybridized carbons (Fsp3) is 0.533. The lowest BCUT2D eigenvalue weighted by molar-refractivity contribution is 0.248. The normalized spacial score (nSPS) is 15.9. The molecule has 98 valence electrons. The van der Waals surface area contributed by atoms with Crippen LogP contribution in [0.15, 0.2) is 24.3 Å². The number of urea groups is 1. The van der Waals surface area contributed by atoms with Crippen LogP contribution in [0.1, 0.15) is 51.0 Å². The minimum atomic E-state index is -0.0807. The second kappa shape index (κ2) is 5.89. The van der Waals surface area contributed by atoms with E-state index in [0.717, 1.165) is 18.5 Å². The van der Waals surface area contributed by atoms with E-state index in [-0.39, 0.29) is 6.03 Å². The Bertz CT molecular complexity index is 409. The maximum atomic E-state index is 11.8. The van der Waals surface area contributed by atoms with E-state index in [2.05, 4.69) is 30.5 Å². The van der Waals surface area contributed by atoms with E-state index >= 15 is 0 Å². The van der Waals surface area contributed by atoms with Gasteiger partial charge in [0.05, 0.1) is 0 Å². The third kappa shape index (κ3) is 3.49. The molecule has 0 bridgehead atoms. The largest absolute Gasteiger partial charge is 0.335 e. The molecule has 0 aliphatic heterocycles. The Morgan fingerprint density at radius 2 is 2.00 bits per heavy atom. The molecule has 3 heteroatoms. The van der Waals surface area contributed by atoms with Gasteiger partial charge in [0.1, 0.15) is 0 Å². The summed E-state index contributed by atoms with van der Waals surface area (Å²) >= 11 is 0. The monoisotopic (exact) mass is 246 g/mol. The standard InChI is InChI=1S/C15H22N2O/c1-11(2)12-6-5-9-14(10-12)17-15(18)16-13-7-3-4-8-13/h5-6,9-11,13H,3-4,7-8H2,1-2H3,(H2,16,17,18). The van der Waals surface area contributed by atoms with E-state index in [9.17, 15) is 4.79 Å². The molecule has 0 saturated heterocycles. The minimum Gasteiger partial charge on any atom is -0.335 e. The van der Waals surface area contributed by atoms with Crippen molar-refractivity contribution in [2.75, 3.05) is 5.32 Å². The van der Waals surface area contributed by atoms with Gasteiger partial charge in [0.15, 0.2) is 0 Å². The molecular formula is C15H22N2O. The first kappa shape index (κ1) is 12.9. The zero-order chi connectivity index (χ0) is 13.0. The fourth-order valence-electron chi connectivity index (χ4n) is 2.40. The quantitative estimate of drug-likeness (QED) is 0.835. The summed E-state index contributed by atoms with van der Waals surface area (Å²) in [7, 11) is 0. The highest BCUT2D eigenvalue weighted by Gasteiger charge is 2.16. The number of hydrogen-bond acceptors (Lipinski definition) is 1. The number of amides is 2. The molecule has 1 fully saturated rings. The number of benzene rings is 1. The molecule has 2 rings (SSSR count). The maximum absolute atomic E-state index is 11.8. The average Bonchev–Trinajstić information content (AvgIpc) is 2.82. The Kier molecular flexibility index (Phi) is 4.24. The van der Waals surface area contributed by atoms with Crippen LogP contribution in [-0.2, 0) is 0 Å². The molecule has 2 N–H and O–H groups in total. The molecule has 3 nitrogen and oxygen atoms in total. The summed E-state index contributed by atoms with van der Waals surface area (Å²) in [5, 5.41) is 5.94. The third-order valence-corrected chi connectivity index (χ3v) is 3.50. The van der Waals surface area contributed by atoms with Gasteiger partial charge in [0, 0.05) is 11.7 Å². The zero-order valence-corrected chi connectivity index (χ0v) is 11.2.